The maximum absolute atomic E-state index is 9.55. The lowest BCUT2D eigenvalue weighted by molar-refractivity contribution is -0.134. The van der Waals surface area contributed by atoms with E-state index in [1.807, 2.05) is 0 Å². The van der Waals surface area contributed by atoms with E-state index < -0.39 is 11.9 Å². The molecule has 0 amide bonds. The first-order valence-electron chi connectivity index (χ1n) is 6.24. The summed E-state index contributed by atoms with van der Waals surface area (Å²) in [6, 6.07) is 3.61. The number of anilines is 1. The van der Waals surface area contributed by atoms with Crippen molar-refractivity contribution in [1.82, 2.24) is 10.3 Å². The van der Waals surface area contributed by atoms with Gasteiger partial charge in [0.25, 0.3) is 0 Å². The van der Waals surface area contributed by atoms with Crippen molar-refractivity contribution in [3.8, 4) is 0 Å². The number of carboxylic acids is 2. The number of aliphatic imine (C=N–C) groups is 1. The molecule has 0 radical (unpaired) electrons. The van der Waals surface area contributed by atoms with Gasteiger partial charge in [0.05, 0.1) is 18.1 Å². The molecule has 4 N–H and O–H groups in total. The summed E-state index contributed by atoms with van der Waals surface area (Å²) in [6.07, 6.45) is 2.82. The molecule has 0 aromatic carbocycles. The van der Waals surface area contributed by atoms with Crippen molar-refractivity contribution in [1.29, 1.82) is 0 Å². The Morgan fingerprint density at radius 2 is 2.05 bits per heavy atom. The summed E-state index contributed by atoms with van der Waals surface area (Å²) in [5.74, 6) is -0.850. The smallest absolute Gasteiger partial charge is 0.328 e. The van der Waals surface area contributed by atoms with Gasteiger partial charge in [-0.3, -0.25) is 4.99 Å². The van der Waals surface area contributed by atoms with Gasteiger partial charge in [-0.05, 0) is 12.1 Å². The van der Waals surface area contributed by atoms with E-state index in [2.05, 4.69) is 20.6 Å². The van der Waals surface area contributed by atoms with Gasteiger partial charge in [0, 0.05) is 24.9 Å². The molecule has 1 aromatic rings. The molecule has 0 spiro atoms. The van der Waals surface area contributed by atoms with Gasteiger partial charge in [-0.15, -0.1) is 0 Å². The fourth-order valence-corrected chi connectivity index (χ4v) is 1.58. The topological polar surface area (TPSA) is 124 Å². The minimum absolute atomic E-state index is 0.558. The molecular formula is C13H15ClN4O4. The third kappa shape index (κ3) is 7.25. The van der Waals surface area contributed by atoms with E-state index in [1.165, 1.54) is 0 Å². The highest BCUT2D eigenvalue weighted by molar-refractivity contribution is 6.32. The zero-order chi connectivity index (χ0) is 16.4. The number of aromatic nitrogens is 1. The number of aliphatic carboxylic acids is 2. The van der Waals surface area contributed by atoms with Gasteiger partial charge in [0.15, 0.2) is 0 Å². The molecule has 0 saturated heterocycles. The first kappa shape index (κ1) is 17.4. The van der Waals surface area contributed by atoms with E-state index >= 15 is 0 Å². The number of nitrogens with one attached hydrogen (secondary N) is 2. The van der Waals surface area contributed by atoms with Gasteiger partial charge < -0.3 is 20.8 Å². The van der Waals surface area contributed by atoms with Gasteiger partial charge in [-0.25, -0.2) is 14.6 Å². The number of nitrogens with zero attached hydrogens (tertiary/aromatic N) is 2. The van der Waals surface area contributed by atoms with Crippen molar-refractivity contribution in [2.24, 2.45) is 4.99 Å². The van der Waals surface area contributed by atoms with Gasteiger partial charge in [-0.2, -0.15) is 0 Å². The largest absolute Gasteiger partial charge is 0.478 e. The van der Waals surface area contributed by atoms with Crippen LogP contribution in [-0.2, 0) is 9.59 Å². The van der Waals surface area contributed by atoms with E-state index in [0.29, 0.717) is 29.5 Å². The number of hydrogen-bond acceptors (Lipinski definition) is 6. The molecule has 8 nitrogen and oxygen atoms in total. The average molecular weight is 327 g/mol. The highest BCUT2D eigenvalue weighted by atomic mass is 35.5. The Morgan fingerprint density at radius 1 is 1.36 bits per heavy atom. The fourth-order valence-electron chi connectivity index (χ4n) is 1.39. The lowest BCUT2D eigenvalue weighted by Crippen LogP contribution is -2.26. The highest BCUT2D eigenvalue weighted by Crippen LogP contribution is 2.16. The third-order valence-electron chi connectivity index (χ3n) is 2.29. The van der Waals surface area contributed by atoms with Crippen LogP contribution in [0.5, 0.6) is 0 Å². The molecular weight excluding hydrogens is 312 g/mol. The standard InChI is InChI=1S/C9H11ClN4.C4H4O4/c10-7-2-1-3-13-9(7)14-6-8-11-4-5-12-8;5-3(6)1-2-4(7)8/h1-3H,4-6H2,(H,11,12)(H,13,14);1-2H,(H,5,6)(H,7,8)/b;2-1-. The number of hydrogen-bond donors (Lipinski definition) is 4. The van der Waals surface area contributed by atoms with E-state index in [-0.39, 0.29) is 0 Å². The number of amidine groups is 1. The number of rotatable bonds is 5. The maximum Gasteiger partial charge on any atom is 0.328 e. The number of carbonyl (C=O) groups is 2. The molecule has 2 heterocycles. The molecule has 1 aromatic heterocycles. The van der Waals surface area contributed by atoms with Crippen LogP contribution in [0.4, 0.5) is 5.82 Å². The normalized spacial score (nSPS) is 12.9. The molecule has 0 bridgehead atoms. The van der Waals surface area contributed by atoms with Crippen LogP contribution in [0.1, 0.15) is 0 Å². The first-order valence-corrected chi connectivity index (χ1v) is 6.62. The number of halogens is 1. The highest BCUT2D eigenvalue weighted by Gasteiger charge is 2.05. The van der Waals surface area contributed by atoms with Crippen LogP contribution in [0.25, 0.3) is 0 Å². The lowest BCUT2D eigenvalue weighted by atomic mass is 10.4. The van der Waals surface area contributed by atoms with Gasteiger partial charge in [0.1, 0.15) is 11.7 Å². The maximum atomic E-state index is 9.55. The summed E-state index contributed by atoms with van der Waals surface area (Å²) >= 11 is 5.92. The van der Waals surface area contributed by atoms with Crippen molar-refractivity contribution < 1.29 is 19.8 Å². The van der Waals surface area contributed by atoms with Crippen LogP contribution in [0.15, 0.2) is 35.5 Å². The van der Waals surface area contributed by atoms with Crippen LogP contribution in [-0.4, -0.2) is 52.6 Å². The summed E-state index contributed by atoms with van der Waals surface area (Å²) in [4.78, 5) is 27.5. The Morgan fingerprint density at radius 3 is 2.55 bits per heavy atom. The zero-order valence-corrected chi connectivity index (χ0v) is 12.2. The lowest BCUT2D eigenvalue weighted by Gasteiger charge is -2.06. The monoisotopic (exact) mass is 326 g/mol. The Balaban J connectivity index is 0.000000261. The molecule has 0 atom stereocenters. The van der Waals surface area contributed by atoms with E-state index in [4.69, 9.17) is 21.8 Å². The molecule has 9 heteroatoms. The summed E-state index contributed by atoms with van der Waals surface area (Å²) < 4.78 is 0. The summed E-state index contributed by atoms with van der Waals surface area (Å²) in [5, 5.41) is 22.5. The second-order valence-corrected chi connectivity index (χ2v) is 4.36. The number of carboxylic acid groups (broad SMARTS) is 2. The Kier molecular flexibility index (Phi) is 7.41. The predicted molar refractivity (Wildman–Crippen MR) is 82.5 cm³/mol. The van der Waals surface area contributed by atoms with Crippen molar-refractivity contribution >= 4 is 35.2 Å². The number of pyridine rings is 1. The van der Waals surface area contributed by atoms with Crippen molar-refractivity contribution in [2.45, 2.75) is 0 Å². The molecule has 0 unspecified atom stereocenters. The van der Waals surface area contributed by atoms with E-state index in [0.717, 1.165) is 18.9 Å². The Bertz CT molecular complexity index is 573. The Labute approximate surface area is 131 Å². The predicted octanol–water partition coefficient (Wildman–Crippen LogP) is 0.860. The molecule has 118 valence electrons. The van der Waals surface area contributed by atoms with Gasteiger partial charge in [0.2, 0.25) is 0 Å². The molecule has 0 aliphatic carbocycles. The van der Waals surface area contributed by atoms with Crippen LogP contribution in [0, 0.1) is 0 Å². The summed E-state index contributed by atoms with van der Waals surface area (Å²) in [7, 11) is 0. The van der Waals surface area contributed by atoms with Crippen molar-refractivity contribution in [3.05, 3.63) is 35.5 Å². The minimum atomic E-state index is -1.26. The SMILES string of the molecule is Clc1cccnc1NCC1=NCCN1.O=C(O)/C=C\C(=O)O. The third-order valence-corrected chi connectivity index (χ3v) is 2.60. The fraction of sp³-hybridized carbons (Fsp3) is 0.231. The minimum Gasteiger partial charge on any atom is -0.478 e. The van der Waals surface area contributed by atoms with Crippen LogP contribution in [0.2, 0.25) is 5.02 Å². The average Bonchev–Trinajstić information content (AvgIpc) is 2.98. The molecule has 0 fully saturated rings. The molecule has 0 saturated carbocycles. The zero-order valence-electron chi connectivity index (χ0n) is 11.5. The molecule has 1 aliphatic rings. The van der Waals surface area contributed by atoms with E-state index in [9.17, 15) is 9.59 Å². The summed E-state index contributed by atoms with van der Waals surface area (Å²) in [6.45, 7) is 2.43. The van der Waals surface area contributed by atoms with Crippen LogP contribution in [0.3, 0.4) is 0 Å². The van der Waals surface area contributed by atoms with E-state index in [1.54, 1.807) is 18.3 Å². The van der Waals surface area contributed by atoms with Crippen molar-refractivity contribution in [3.63, 3.8) is 0 Å². The van der Waals surface area contributed by atoms with Gasteiger partial charge >= 0.3 is 11.9 Å². The first-order chi connectivity index (χ1) is 10.5. The van der Waals surface area contributed by atoms with Crippen molar-refractivity contribution in [2.75, 3.05) is 25.0 Å². The molecule has 1 aliphatic heterocycles. The molecule has 22 heavy (non-hydrogen) atoms. The second-order valence-electron chi connectivity index (χ2n) is 3.95. The van der Waals surface area contributed by atoms with Crippen LogP contribution >= 0.6 is 11.6 Å². The summed E-state index contributed by atoms with van der Waals surface area (Å²) in [5.41, 5.74) is 0. The van der Waals surface area contributed by atoms with Crippen LogP contribution < -0.4 is 10.6 Å². The second kappa shape index (κ2) is 9.35. The quantitative estimate of drug-likeness (QED) is 0.591. The Hall–Kier alpha value is -2.61. The molecule has 2 rings (SSSR count). The van der Waals surface area contributed by atoms with Gasteiger partial charge in [-0.1, -0.05) is 11.6 Å².